The fraction of sp³-hybridized carbons (Fsp3) is 0.500. The zero-order valence-electron chi connectivity index (χ0n) is 10.9. The number of piperazine rings is 1. The smallest absolute Gasteiger partial charge is 0.243 e. The van der Waals surface area contributed by atoms with Crippen LogP contribution in [0.15, 0.2) is 23.1 Å². The van der Waals surface area contributed by atoms with E-state index in [-0.39, 0.29) is 18.4 Å². The summed E-state index contributed by atoms with van der Waals surface area (Å²) in [5.74, 6) is 0. The Kier molecular flexibility index (Phi) is 5.65. The van der Waals surface area contributed by atoms with Crippen LogP contribution in [0.2, 0.25) is 5.02 Å². The molecule has 0 aromatic heterocycles. The average molecular weight is 325 g/mol. The highest BCUT2D eigenvalue weighted by Gasteiger charge is 2.32. The fourth-order valence-electron chi connectivity index (χ4n) is 2.17. The van der Waals surface area contributed by atoms with Gasteiger partial charge in [-0.2, -0.15) is 4.31 Å². The Morgan fingerprint density at radius 2 is 2.11 bits per heavy atom. The van der Waals surface area contributed by atoms with Crippen LogP contribution in [0, 0.1) is 6.92 Å². The monoisotopic (exact) mass is 324 g/mol. The quantitative estimate of drug-likeness (QED) is 0.905. The van der Waals surface area contributed by atoms with Gasteiger partial charge >= 0.3 is 0 Å². The van der Waals surface area contributed by atoms with Gasteiger partial charge < -0.3 is 5.32 Å². The van der Waals surface area contributed by atoms with E-state index in [4.69, 9.17) is 11.6 Å². The largest absolute Gasteiger partial charge is 0.314 e. The third kappa shape index (κ3) is 3.23. The Bertz CT molecular complexity index is 549. The number of nitrogens with zero attached hydrogens (tertiary/aromatic N) is 1. The van der Waals surface area contributed by atoms with Gasteiger partial charge in [0.15, 0.2) is 0 Å². The zero-order chi connectivity index (χ0) is 13.3. The van der Waals surface area contributed by atoms with Crippen molar-refractivity contribution in [3.63, 3.8) is 0 Å². The topological polar surface area (TPSA) is 49.4 Å². The van der Waals surface area contributed by atoms with Gasteiger partial charge in [0, 0.05) is 30.7 Å². The second-order valence-electron chi connectivity index (χ2n) is 4.53. The standard InChI is InChI=1S/C12H17ClN2O2S.ClH/c1-9-8-14-6-7-15(9)18(16,17)12-5-3-4-11(13)10(12)2;/h3-5,9,14H,6-8H2,1-2H3;1H/t9-;/m0./s1. The van der Waals surface area contributed by atoms with Crippen LogP contribution in [0.25, 0.3) is 0 Å². The van der Waals surface area contributed by atoms with Crippen LogP contribution in [-0.2, 0) is 10.0 Å². The molecule has 1 saturated heterocycles. The highest BCUT2D eigenvalue weighted by atomic mass is 35.5. The van der Waals surface area contributed by atoms with Crippen molar-refractivity contribution in [2.75, 3.05) is 19.6 Å². The van der Waals surface area contributed by atoms with Crippen molar-refractivity contribution < 1.29 is 8.42 Å². The molecule has 7 heteroatoms. The molecule has 1 fully saturated rings. The zero-order valence-corrected chi connectivity index (χ0v) is 13.3. The Balaban J connectivity index is 0.00000180. The first kappa shape index (κ1) is 16.7. The molecule has 0 radical (unpaired) electrons. The van der Waals surface area contributed by atoms with E-state index in [1.807, 2.05) is 6.92 Å². The predicted octanol–water partition coefficient (Wildman–Crippen LogP) is 2.05. The maximum absolute atomic E-state index is 12.6. The molecular formula is C12H18Cl2N2O2S. The molecule has 1 aromatic rings. The van der Waals surface area contributed by atoms with Gasteiger partial charge in [-0.25, -0.2) is 8.42 Å². The summed E-state index contributed by atoms with van der Waals surface area (Å²) in [5.41, 5.74) is 0.616. The van der Waals surface area contributed by atoms with Gasteiger partial charge in [0.1, 0.15) is 0 Å². The molecule has 4 nitrogen and oxygen atoms in total. The Morgan fingerprint density at radius 1 is 1.42 bits per heavy atom. The highest BCUT2D eigenvalue weighted by Crippen LogP contribution is 2.26. The maximum atomic E-state index is 12.6. The van der Waals surface area contributed by atoms with E-state index in [0.29, 0.717) is 35.1 Å². The summed E-state index contributed by atoms with van der Waals surface area (Å²) in [4.78, 5) is 0.309. The minimum absolute atomic E-state index is 0. The van der Waals surface area contributed by atoms with Gasteiger partial charge in [-0.05, 0) is 31.5 Å². The number of rotatable bonds is 2. The second-order valence-corrected chi connectivity index (χ2v) is 6.80. The van der Waals surface area contributed by atoms with Crippen molar-refractivity contribution in [2.45, 2.75) is 24.8 Å². The molecule has 0 aliphatic carbocycles. The summed E-state index contributed by atoms with van der Waals surface area (Å²) < 4.78 is 26.8. The van der Waals surface area contributed by atoms with E-state index in [0.717, 1.165) is 0 Å². The van der Waals surface area contributed by atoms with Crippen molar-refractivity contribution >= 4 is 34.0 Å². The number of benzene rings is 1. The summed E-state index contributed by atoms with van der Waals surface area (Å²) in [6, 6.07) is 4.96. The number of nitrogens with one attached hydrogen (secondary N) is 1. The molecule has 108 valence electrons. The van der Waals surface area contributed by atoms with Crippen LogP contribution in [0.5, 0.6) is 0 Å². The van der Waals surface area contributed by atoms with Gasteiger partial charge in [0.2, 0.25) is 10.0 Å². The Labute approximate surface area is 125 Å². The first-order chi connectivity index (χ1) is 8.44. The summed E-state index contributed by atoms with van der Waals surface area (Å²) >= 11 is 6.00. The van der Waals surface area contributed by atoms with Gasteiger partial charge in [0.05, 0.1) is 4.90 Å². The molecule has 1 atom stereocenters. The molecule has 1 heterocycles. The Morgan fingerprint density at radius 3 is 2.74 bits per heavy atom. The molecule has 1 aliphatic heterocycles. The molecule has 1 aliphatic rings. The molecule has 0 saturated carbocycles. The summed E-state index contributed by atoms with van der Waals surface area (Å²) in [6.07, 6.45) is 0. The lowest BCUT2D eigenvalue weighted by molar-refractivity contribution is 0.283. The van der Waals surface area contributed by atoms with Crippen LogP contribution in [0.4, 0.5) is 0 Å². The predicted molar refractivity (Wildman–Crippen MR) is 79.7 cm³/mol. The Hall–Kier alpha value is -0.330. The molecule has 0 unspecified atom stereocenters. The van der Waals surface area contributed by atoms with Crippen molar-refractivity contribution in [3.05, 3.63) is 28.8 Å². The average Bonchev–Trinajstić information content (AvgIpc) is 2.32. The van der Waals surface area contributed by atoms with Gasteiger partial charge in [-0.15, -0.1) is 12.4 Å². The first-order valence-corrected chi connectivity index (χ1v) is 7.74. The van der Waals surface area contributed by atoms with E-state index in [9.17, 15) is 8.42 Å². The molecular weight excluding hydrogens is 307 g/mol. The second kappa shape index (κ2) is 6.41. The molecule has 0 amide bonds. The molecule has 2 rings (SSSR count). The van der Waals surface area contributed by atoms with E-state index in [1.54, 1.807) is 29.4 Å². The van der Waals surface area contributed by atoms with Crippen LogP contribution < -0.4 is 5.32 Å². The van der Waals surface area contributed by atoms with E-state index in [1.165, 1.54) is 0 Å². The molecule has 1 aromatic carbocycles. The fourth-order valence-corrected chi connectivity index (χ4v) is 4.28. The summed E-state index contributed by atoms with van der Waals surface area (Å²) in [5, 5.41) is 3.67. The van der Waals surface area contributed by atoms with Gasteiger partial charge in [-0.3, -0.25) is 0 Å². The molecule has 0 spiro atoms. The minimum atomic E-state index is -3.46. The number of halogens is 2. The third-order valence-corrected chi connectivity index (χ3v) is 5.81. The molecule has 1 N–H and O–H groups in total. The van der Waals surface area contributed by atoms with Crippen LogP contribution in [-0.4, -0.2) is 38.4 Å². The van der Waals surface area contributed by atoms with E-state index in [2.05, 4.69) is 5.32 Å². The summed E-state index contributed by atoms with van der Waals surface area (Å²) in [6.45, 7) is 5.50. The summed E-state index contributed by atoms with van der Waals surface area (Å²) in [7, 11) is -3.46. The normalized spacial score (nSPS) is 20.9. The van der Waals surface area contributed by atoms with Crippen LogP contribution >= 0.6 is 24.0 Å². The van der Waals surface area contributed by atoms with Crippen molar-refractivity contribution in [1.82, 2.24) is 9.62 Å². The van der Waals surface area contributed by atoms with E-state index < -0.39 is 10.0 Å². The van der Waals surface area contributed by atoms with Crippen molar-refractivity contribution in [3.8, 4) is 0 Å². The highest BCUT2D eigenvalue weighted by molar-refractivity contribution is 7.89. The SMILES string of the molecule is Cc1c(Cl)cccc1S(=O)(=O)N1CCNC[C@@H]1C.Cl. The minimum Gasteiger partial charge on any atom is -0.314 e. The third-order valence-electron chi connectivity index (χ3n) is 3.24. The first-order valence-electron chi connectivity index (χ1n) is 5.92. The number of sulfonamides is 1. The number of hydrogen-bond acceptors (Lipinski definition) is 3. The van der Waals surface area contributed by atoms with Crippen molar-refractivity contribution in [2.24, 2.45) is 0 Å². The van der Waals surface area contributed by atoms with Crippen LogP contribution in [0.3, 0.4) is 0 Å². The van der Waals surface area contributed by atoms with Crippen molar-refractivity contribution in [1.29, 1.82) is 0 Å². The lowest BCUT2D eigenvalue weighted by Gasteiger charge is -2.33. The molecule has 0 bridgehead atoms. The van der Waals surface area contributed by atoms with Crippen LogP contribution in [0.1, 0.15) is 12.5 Å². The van der Waals surface area contributed by atoms with Gasteiger partial charge in [-0.1, -0.05) is 17.7 Å². The lowest BCUT2D eigenvalue weighted by atomic mass is 10.2. The van der Waals surface area contributed by atoms with Gasteiger partial charge in [0.25, 0.3) is 0 Å². The molecule has 19 heavy (non-hydrogen) atoms. The lowest BCUT2D eigenvalue weighted by Crippen LogP contribution is -2.52. The van der Waals surface area contributed by atoms with E-state index >= 15 is 0 Å². The maximum Gasteiger partial charge on any atom is 0.243 e. The number of hydrogen-bond donors (Lipinski definition) is 1.